The maximum Gasteiger partial charge on any atom is 0.0742 e. The summed E-state index contributed by atoms with van der Waals surface area (Å²) in [4.78, 5) is 4.46. The predicted molar refractivity (Wildman–Crippen MR) is 74.4 cm³/mol. The normalized spacial score (nSPS) is 10.9. The van der Waals surface area contributed by atoms with E-state index in [-0.39, 0.29) is 0 Å². The fraction of sp³-hybridized carbons (Fsp3) is 0.357. The number of aromatic nitrogens is 1. The largest absolute Gasteiger partial charge is 0.385 e. The first-order valence-electron chi connectivity index (χ1n) is 5.81. The van der Waals surface area contributed by atoms with Crippen molar-refractivity contribution in [2.45, 2.75) is 12.2 Å². The van der Waals surface area contributed by atoms with Gasteiger partial charge in [-0.25, -0.2) is 0 Å². The second kappa shape index (κ2) is 6.62. The highest BCUT2D eigenvalue weighted by molar-refractivity contribution is 7.98. The molecule has 0 saturated carbocycles. The van der Waals surface area contributed by atoms with Crippen LogP contribution in [0.1, 0.15) is 12.0 Å². The monoisotopic (exact) mass is 247 g/mol. The first-order chi connectivity index (χ1) is 8.42. The van der Waals surface area contributed by atoms with Gasteiger partial charge in [0.1, 0.15) is 0 Å². The predicted octanol–water partition coefficient (Wildman–Crippen LogP) is 3.50. The van der Waals surface area contributed by atoms with Crippen LogP contribution in [0.4, 0.5) is 0 Å². The van der Waals surface area contributed by atoms with E-state index in [1.54, 1.807) is 7.11 Å². The molecule has 2 aromatic rings. The number of hydrogen-bond acceptors (Lipinski definition) is 3. The number of fused-ring (bicyclic) bond motifs is 1. The molecule has 0 saturated heterocycles. The van der Waals surface area contributed by atoms with Crippen molar-refractivity contribution < 1.29 is 4.74 Å². The molecular weight excluding hydrogens is 230 g/mol. The summed E-state index contributed by atoms with van der Waals surface area (Å²) >= 11 is 1.94. The third-order valence-corrected chi connectivity index (χ3v) is 3.70. The van der Waals surface area contributed by atoms with E-state index in [9.17, 15) is 0 Å². The lowest BCUT2D eigenvalue weighted by atomic mass is 10.1. The molecule has 0 fully saturated rings. The van der Waals surface area contributed by atoms with Gasteiger partial charge in [-0.3, -0.25) is 4.98 Å². The maximum atomic E-state index is 5.04. The Morgan fingerprint density at radius 1 is 1.24 bits per heavy atom. The Bertz CT molecular complexity index is 467. The minimum atomic E-state index is 0.848. The van der Waals surface area contributed by atoms with Gasteiger partial charge in [0.25, 0.3) is 0 Å². The summed E-state index contributed by atoms with van der Waals surface area (Å²) in [5.74, 6) is 2.16. The van der Waals surface area contributed by atoms with E-state index in [0.29, 0.717) is 0 Å². The summed E-state index contributed by atoms with van der Waals surface area (Å²) in [6, 6.07) is 10.5. The minimum absolute atomic E-state index is 0.848. The number of nitrogens with zero attached hydrogens (tertiary/aromatic N) is 1. The van der Waals surface area contributed by atoms with Gasteiger partial charge in [0.15, 0.2) is 0 Å². The van der Waals surface area contributed by atoms with Crippen LogP contribution in [0.3, 0.4) is 0 Å². The van der Waals surface area contributed by atoms with Crippen molar-refractivity contribution in [3.8, 4) is 0 Å². The van der Waals surface area contributed by atoms with E-state index in [2.05, 4.69) is 29.2 Å². The Hall–Kier alpha value is -1.06. The highest BCUT2D eigenvalue weighted by Crippen LogP contribution is 2.21. The number of thioether (sulfide) groups is 1. The quantitative estimate of drug-likeness (QED) is 0.729. The van der Waals surface area contributed by atoms with E-state index in [0.717, 1.165) is 30.1 Å². The topological polar surface area (TPSA) is 22.1 Å². The SMILES string of the molecule is COCCCSCc1cccc2cccnc12. The molecule has 0 N–H and O–H groups in total. The van der Waals surface area contributed by atoms with E-state index in [1.807, 2.05) is 24.0 Å². The third kappa shape index (κ3) is 3.45. The van der Waals surface area contributed by atoms with Crippen LogP contribution in [-0.4, -0.2) is 24.5 Å². The fourth-order valence-corrected chi connectivity index (χ4v) is 2.69. The zero-order chi connectivity index (χ0) is 11.9. The first kappa shape index (κ1) is 12.4. The number of methoxy groups -OCH3 is 1. The summed E-state index contributed by atoms with van der Waals surface area (Å²) in [7, 11) is 1.75. The zero-order valence-corrected chi connectivity index (χ0v) is 10.9. The van der Waals surface area contributed by atoms with Crippen LogP contribution in [0.15, 0.2) is 36.5 Å². The lowest BCUT2D eigenvalue weighted by molar-refractivity contribution is 0.200. The molecule has 1 aromatic heterocycles. The van der Waals surface area contributed by atoms with Gasteiger partial charge in [-0.05, 0) is 23.8 Å². The van der Waals surface area contributed by atoms with Crippen molar-refractivity contribution in [1.82, 2.24) is 4.98 Å². The average Bonchev–Trinajstić information content (AvgIpc) is 2.39. The summed E-state index contributed by atoms with van der Waals surface area (Å²) < 4.78 is 5.04. The van der Waals surface area contributed by atoms with Crippen molar-refractivity contribution in [2.24, 2.45) is 0 Å². The Balaban J connectivity index is 1.98. The van der Waals surface area contributed by atoms with Crippen LogP contribution in [0.5, 0.6) is 0 Å². The molecule has 0 aliphatic rings. The minimum Gasteiger partial charge on any atom is -0.385 e. The van der Waals surface area contributed by atoms with Crippen molar-refractivity contribution in [3.63, 3.8) is 0 Å². The Kier molecular flexibility index (Phi) is 4.83. The van der Waals surface area contributed by atoms with Gasteiger partial charge in [0, 0.05) is 31.1 Å². The van der Waals surface area contributed by atoms with Gasteiger partial charge in [0.2, 0.25) is 0 Å². The van der Waals surface area contributed by atoms with Gasteiger partial charge < -0.3 is 4.74 Å². The average molecular weight is 247 g/mol. The van der Waals surface area contributed by atoms with Crippen molar-refractivity contribution in [3.05, 3.63) is 42.1 Å². The molecular formula is C14H17NOS. The molecule has 2 nitrogen and oxygen atoms in total. The molecule has 1 aromatic carbocycles. The molecule has 0 aliphatic carbocycles. The second-order valence-electron chi connectivity index (χ2n) is 3.89. The molecule has 0 bridgehead atoms. The van der Waals surface area contributed by atoms with E-state index < -0.39 is 0 Å². The third-order valence-electron chi connectivity index (χ3n) is 2.61. The molecule has 0 spiro atoms. The highest BCUT2D eigenvalue weighted by atomic mass is 32.2. The molecule has 90 valence electrons. The molecule has 0 unspecified atom stereocenters. The van der Waals surface area contributed by atoms with Crippen molar-refractivity contribution in [1.29, 1.82) is 0 Å². The number of rotatable bonds is 6. The number of hydrogen-bond donors (Lipinski definition) is 0. The fourth-order valence-electron chi connectivity index (χ4n) is 1.77. The Labute approximate surface area is 106 Å². The van der Waals surface area contributed by atoms with E-state index >= 15 is 0 Å². The molecule has 0 amide bonds. The molecule has 1 heterocycles. The molecule has 2 rings (SSSR count). The Morgan fingerprint density at radius 3 is 3.00 bits per heavy atom. The van der Waals surface area contributed by atoms with Crippen LogP contribution in [0.2, 0.25) is 0 Å². The zero-order valence-electron chi connectivity index (χ0n) is 10.1. The van der Waals surface area contributed by atoms with Crippen LogP contribution in [-0.2, 0) is 10.5 Å². The van der Waals surface area contributed by atoms with Crippen molar-refractivity contribution >= 4 is 22.7 Å². The number of ether oxygens (including phenoxy) is 1. The van der Waals surface area contributed by atoms with Gasteiger partial charge in [-0.1, -0.05) is 24.3 Å². The Morgan fingerprint density at radius 2 is 2.12 bits per heavy atom. The highest BCUT2D eigenvalue weighted by Gasteiger charge is 2.01. The molecule has 0 aliphatic heterocycles. The second-order valence-corrected chi connectivity index (χ2v) is 5.00. The maximum absolute atomic E-state index is 5.04. The number of pyridine rings is 1. The van der Waals surface area contributed by atoms with Gasteiger partial charge in [0.05, 0.1) is 5.52 Å². The smallest absolute Gasteiger partial charge is 0.0742 e. The van der Waals surface area contributed by atoms with Crippen LogP contribution in [0, 0.1) is 0 Å². The summed E-state index contributed by atoms with van der Waals surface area (Å²) in [6.45, 7) is 0.848. The number of para-hydroxylation sites is 1. The van der Waals surface area contributed by atoms with Gasteiger partial charge in [-0.15, -0.1) is 0 Å². The van der Waals surface area contributed by atoms with E-state index in [1.165, 1.54) is 10.9 Å². The van der Waals surface area contributed by atoms with Gasteiger partial charge in [-0.2, -0.15) is 11.8 Å². The van der Waals surface area contributed by atoms with E-state index in [4.69, 9.17) is 4.74 Å². The lowest BCUT2D eigenvalue weighted by Gasteiger charge is -2.05. The van der Waals surface area contributed by atoms with Crippen LogP contribution < -0.4 is 0 Å². The molecule has 3 heteroatoms. The standard InChI is InChI=1S/C14H17NOS/c1-16-9-4-10-17-11-13-6-2-5-12-7-3-8-15-14(12)13/h2-3,5-8H,4,9-11H2,1H3. The first-order valence-corrected chi connectivity index (χ1v) is 6.96. The van der Waals surface area contributed by atoms with Crippen LogP contribution >= 0.6 is 11.8 Å². The molecule has 0 radical (unpaired) electrons. The number of benzene rings is 1. The van der Waals surface area contributed by atoms with Gasteiger partial charge >= 0.3 is 0 Å². The molecule has 0 atom stereocenters. The van der Waals surface area contributed by atoms with Crippen LogP contribution in [0.25, 0.3) is 10.9 Å². The van der Waals surface area contributed by atoms with Crippen molar-refractivity contribution in [2.75, 3.05) is 19.5 Å². The summed E-state index contributed by atoms with van der Waals surface area (Å²) in [6.07, 6.45) is 2.97. The summed E-state index contributed by atoms with van der Waals surface area (Å²) in [5, 5.41) is 1.22. The summed E-state index contributed by atoms with van der Waals surface area (Å²) in [5.41, 5.74) is 2.46. The lowest BCUT2D eigenvalue weighted by Crippen LogP contribution is -1.92. The molecule has 17 heavy (non-hydrogen) atoms.